The van der Waals surface area contributed by atoms with Crippen molar-refractivity contribution in [1.29, 1.82) is 0 Å². The Balaban J connectivity index is 1.49. The second-order valence-electron chi connectivity index (χ2n) is 8.12. The highest BCUT2D eigenvalue weighted by Crippen LogP contribution is 2.39. The predicted molar refractivity (Wildman–Crippen MR) is 142 cm³/mol. The lowest BCUT2D eigenvalue weighted by Crippen LogP contribution is -2.27. The molecule has 170 valence electrons. The fourth-order valence-electron chi connectivity index (χ4n) is 4.04. The van der Waals surface area contributed by atoms with Crippen LogP contribution in [0.1, 0.15) is 29.2 Å². The number of rotatable bonds is 5. The van der Waals surface area contributed by atoms with Crippen molar-refractivity contribution in [3.63, 3.8) is 0 Å². The van der Waals surface area contributed by atoms with Crippen molar-refractivity contribution in [2.45, 2.75) is 19.4 Å². The van der Waals surface area contributed by atoms with E-state index in [1.165, 1.54) is 11.8 Å². The van der Waals surface area contributed by atoms with Gasteiger partial charge in [-0.3, -0.25) is 14.7 Å². The summed E-state index contributed by atoms with van der Waals surface area (Å²) in [7, 11) is 1.66. The molecular weight excluding hydrogens is 462 g/mol. The highest BCUT2D eigenvalue weighted by molar-refractivity contribution is 8.27. The zero-order chi connectivity index (χ0) is 23.7. The summed E-state index contributed by atoms with van der Waals surface area (Å²) in [6, 6.07) is 25.9. The Morgan fingerprint density at radius 1 is 1.03 bits per heavy atom. The predicted octanol–water partition coefficient (Wildman–Crippen LogP) is 6.06. The molecular formula is C27H23N3O2S2. The van der Waals surface area contributed by atoms with Crippen LogP contribution in [0.4, 0.5) is 5.69 Å². The molecule has 2 aliphatic heterocycles. The van der Waals surface area contributed by atoms with Crippen LogP contribution in [-0.2, 0) is 4.79 Å². The Morgan fingerprint density at radius 3 is 2.41 bits per heavy atom. The number of hydrogen-bond donors (Lipinski definition) is 0. The van der Waals surface area contributed by atoms with Crippen LogP contribution in [0.3, 0.4) is 0 Å². The molecule has 0 aromatic heterocycles. The summed E-state index contributed by atoms with van der Waals surface area (Å²) < 4.78 is 5.84. The largest absolute Gasteiger partial charge is 0.497 e. The molecule has 2 heterocycles. The third-order valence-electron chi connectivity index (χ3n) is 5.89. The molecule has 5 rings (SSSR count). The van der Waals surface area contributed by atoms with E-state index in [1.54, 1.807) is 12.0 Å². The van der Waals surface area contributed by atoms with Gasteiger partial charge in [-0.05, 0) is 42.3 Å². The smallest absolute Gasteiger partial charge is 0.272 e. The molecule has 0 N–H and O–H groups in total. The van der Waals surface area contributed by atoms with Crippen LogP contribution in [-0.4, -0.2) is 28.1 Å². The lowest BCUT2D eigenvalue weighted by molar-refractivity contribution is -0.113. The molecule has 1 saturated heterocycles. The lowest BCUT2D eigenvalue weighted by Gasteiger charge is -2.21. The molecule has 5 nitrogen and oxygen atoms in total. The van der Waals surface area contributed by atoms with Crippen molar-refractivity contribution in [2.75, 3.05) is 12.0 Å². The Labute approximate surface area is 208 Å². The van der Waals surface area contributed by atoms with Crippen molar-refractivity contribution in [3.05, 3.63) is 107 Å². The third kappa shape index (κ3) is 4.36. The van der Waals surface area contributed by atoms with E-state index in [9.17, 15) is 4.79 Å². The highest BCUT2D eigenvalue weighted by atomic mass is 32.2. The van der Waals surface area contributed by atoms with Gasteiger partial charge in [0.25, 0.3) is 5.91 Å². The zero-order valence-electron chi connectivity index (χ0n) is 18.8. The number of carbonyl (C=O) groups excluding carboxylic acids is 1. The van der Waals surface area contributed by atoms with E-state index in [0.717, 1.165) is 40.3 Å². The van der Waals surface area contributed by atoms with Gasteiger partial charge in [0.15, 0.2) is 4.32 Å². The van der Waals surface area contributed by atoms with Gasteiger partial charge in [0.05, 0.1) is 29.5 Å². The summed E-state index contributed by atoms with van der Waals surface area (Å²) in [5.74, 6) is 0.673. The fraction of sp³-hybridized carbons (Fsp3) is 0.148. The van der Waals surface area contributed by atoms with Gasteiger partial charge in [-0.2, -0.15) is 5.10 Å². The van der Waals surface area contributed by atoms with E-state index in [2.05, 4.69) is 12.1 Å². The molecule has 0 radical (unpaired) electrons. The summed E-state index contributed by atoms with van der Waals surface area (Å²) in [5, 5.41) is 6.80. The van der Waals surface area contributed by atoms with Gasteiger partial charge in [0, 0.05) is 12.6 Å². The van der Waals surface area contributed by atoms with Crippen LogP contribution in [0.5, 0.6) is 5.75 Å². The SMILES string of the molecule is COc1ccc(C2CC(c3ccccc3)=NN2/C=C2\SC(=S)N(c3ccc(C)cc3)C2=O)cc1. The average molecular weight is 486 g/mol. The van der Waals surface area contributed by atoms with E-state index < -0.39 is 0 Å². The number of hydrazone groups is 1. The Morgan fingerprint density at radius 2 is 1.74 bits per heavy atom. The lowest BCUT2D eigenvalue weighted by atomic mass is 9.98. The van der Waals surface area contributed by atoms with Gasteiger partial charge < -0.3 is 4.74 Å². The second kappa shape index (κ2) is 9.44. The Hall–Kier alpha value is -3.42. The molecule has 7 heteroatoms. The molecule has 1 fully saturated rings. The standard InChI is InChI=1S/C27H23N3O2S2/c1-18-8-12-21(13-9-18)30-26(31)25(34-27(30)33)17-29-24(20-10-14-22(32-2)15-11-20)16-23(28-29)19-6-4-3-5-7-19/h3-15,17,24H,16H2,1-2H3/b25-17-. The van der Waals surface area contributed by atoms with E-state index in [4.69, 9.17) is 22.1 Å². The van der Waals surface area contributed by atoms with Gasteiger partial charge in [-0.15, -0.1) is 0 Å². The van der Waals surface area contributed by atoms with Gasteiger partial charge >= 0.3 is 0 Å². The number of hydrogen-bond acceptors (Lipinski definition) is 6. The molecule has 0 spiro atoms. The number of methoxy groups -OCH3 is 1. The first-order chi connectivity index (χ1) is 16.5. The van der Waals surface area contributed by atoms with Crippen molar-refractivity contribution < 1.29 is 9.53 Å². The van der Waals surface area contributed by atoms with Crippen molar-refractivity contribution >= 4 is 45.6 Å². The summed E-state index contributed by atoms with van der Waals surface area (Å²) >= 11 is 6.87. The first-order valence-electron chi connectivity index (χ1n) is 10.9. The normalized spacial score (nSPS) is 19.2. The highest BCUT2D eigenvalue weighted by Gasteiger charge is 2.36. The van der Waals surface area contributed by atoms with Crippen LogP contribution in [0.2, 0.25) is 0 Å². The molecule has 0 saturated carbocycles. The van der Waals surface area contributed by atoms with Crippen LogP contribution in [0, 0.1) is 6.92 Å². The number of thiocarbonyl (C=S) groups is 1. The number of carbonyl (C=O) groups is 1. The number of thioether (sulfide) groups is 1. The molecule has 0 aliphatic carbocycles. The minimum atomic E-state index is -0.129. The summed E-state index contributed by atoms with van der Waals surface area (Å²) in [4.78, 5) is 15.5. The van der Waals surface area contributed by atoms with Crippen LogP contribution in [0.25, 0.3) is 0 Å². The first-order valence-corrected chi connectivity index (χ1v) is 12.2. The maximum atomic E-state index is 13.3. The average Bonchev–Trinajstić information content (AvgIpc) is 3.41. The maximum Gasteiger partial charge on any atom is 0.272 e. The number of nitrogens with zero attached hydrogens (tertiary/aromatic N) is 3. The summed E-state index contributed by atoms with van der Waals surface area (Å²) in [6.07, 6.45) is 2.56. The zero-order valence-corrected chi connectivity index (χ0v) is 20.5. The molecule has 34 heavy (non-hydrogen) atoms. The molecule has 1 amide bonds. The number of benzene rings is 3. The van der Waals surface area contributed by atoms with Crippen molar-refractivity contribution in [2.24, 2.45) is 5.10 Å². The number of amides is 1. The molecule has 2 aliphatic rings. The molecule has 3 aromatic rings. The molecule has 1 atom stereocenters. The maximum absolute atomic E-state index is 13.3. The number of ether oxygens (including phenoxy) is 1. The molecule has 3 aromatic carbocycles. The third-order valence-corrected chi connectivity index (χ3v) is 7.17. The van der Waals surface area contributed by atoms with Crippen molar-refractivity contribution in [3.8, 4) is 5.75 Å². The van der Waals surface area contributed by atoms with Gasteiger partial charge in [-0.1, -0.05) is 84.1 Å². The Bertz CT molecular complexity index is 1290. The van der Waals surface area contributed by atoms with E-state index >= 15 is 0 Å². The summed E-state index contributed by atoms with van der Waals surface area (Å²) in [6.45, 7) is 2.02. The molecule has 0 bridgehead atoms. The van der Waals surface area contributed by atoms with Crippen molar-refractivity contribution in [1.82, 2.24) is 5.01 Å². The van der Waals surface area contributed by atoms with Gasteiger partial charge in [-0.25, -0.2) is 0 Å². The van der Waals surface area contributed by atoms with E-state index in [1.807, 2.05) is 84.9 Å². The molecule has 1 unspecified atom stereocenters. The quantitative estimate of drug-likeness (QED) is 0.325. The van der Waals surface area contributed by atoms with Gasteiger partial charge in [0.2, 0.25) is 0 Å². The monoisotopic (exact) mass is 485 g/mol. The summed E-state index contributed by atoms with van der Waals surface area (Å²) in [5.41, 5.74) is 5.06. The van der Waals surface area contributed by atoms with E-state index in [0.29, 0.717) is 9.23 Å². The van der Waals surface area contributed by atoms with Crippen LogP contribution in [0.15, 0.2) is 95.1 Å². The minimum absolute atomic E-state index is 0.0380. The van der Waals surface area contributed by atoms with E-state index in [-0.39, 0.29) is 11.9 Å². The van der Waals surface area contributed by atoms with Crippen LogP contribution < -0.4 is 9.64 Å². The first kappa shape index (κ1) is 22.4. The minimum Gasteiger partial charge on any atom is -0.497 e. The van der Waals surface area contributed by atoms with Crippen LogP contribution >= 0.6 is 24.0 Å². The number of aryl methyl sites for hydroxylation is 1. The fourth-order valence-corrected chi connectivity index (χ4v) is 5.31. The Kier molecular flexibility index (Phi) is 6.22. The second-order valence-corrected chi connectivity index (χ2v) is 9.80. The number of anilines is 1. The van der Waals surface area contributed by atoms with Gasteiger partial charge in [0.1, 0.15) is 5.75 Å². The topological polar surface area (TPSA) is 45.1 Å².